The van der Waals surface area contributed by atoms with Crippen LogP contribution in [0.25, 0.3) is 0 Å². The number of carboxylic acid groups (broad SMARTS) is 1. The summed E-state index contributed by atoms with van der Waals surface area (Å²) in [6.07, 6.45) is 0.741. The summed E-state index contributed by atoms with van der Waals surface area (Å²) >= 11 is 6.27. The summed E-state index contributed by atoms with van der Waals surface area (Å²) in [5, 5.41) is 17.6. The first-order chi connectivity index (χ1) is 15.9. The van der Waals surface area contributed by atoms with Crippen molar-refractivity contribution in [2.45, 2.75) is 25.5 Å². The Labute approximate surface area is 194 Å². The van der Waals surface area contributed by atoms with Gasteiger partial charge in [-0.15, -0.1) is 5.06 Å². The average molecular weight is 472 g/mol. The highest BCUT2D eigenvalue weighted by atomic mass is 35.5. The highest BCUT2D eigenvalue weighted by Gasteiger charge is 2.34. The molecule has 2 heterocycles. The Morgan fingerprint density at radius 2 is 2.06 bits per heavy atom. The number of aromatic nitrogens is 2. The molecule has 2 unspecified atom stereocenters. The monoisotopic (exact) mass is 471 g/mol. The minimum Gasteiger partial charge on any atom is -0.482 e. The summed E-state index contributed by atoms with van der Waals surface area (Å²) in [4.78, 5) is 29.3. The Balaban J connectivity index is 1.64. The number of aromatic amines is 1. The minimum atomic E-state index is -1.11. The van der Waals surface area contributed by atoms with Crippen LogP contribution < -0.4 is 4.74 Å². The maximum atomic E-state index is 12.6. The van der Waals surface area contributed by atoms with Crippen LogP contribution >= 0.6 is 11.6 Å². The zero-order chi connectivity index (χ0) is 23.4. The Morgan fingerprint density at radius 3 is 2.82 bits per heavy atom. The number of H-pyrrole nitrogens is 1. The van der Waals surface area contributed by atoms with Crippen molar-refractivity contribution in [3.8, 4) is 5.75 Å². The van der Waals surface area contributed by atoms with E-state index >= 15 is 0 Å². The van der Waals surface area contributed by atoms with Crippen LogP contribution in [0.15, 0.2) is 54.7 Å². The fraction of sp³-hybridized carbons (Fsp3) is 0.261. The number of benzene rings is 2. The lowest BCUT2D eigenvalue weighted by Crippen LogP contribution is -2.38. The number of hydroxylamine groups is 2. The van der Waals surface area contributed by atoms with E-state index in [9.17, 15) is 9.59 Å². The Kier molecular flexibility index (Phi) is 6.81. The first-order valence-corrected chi connectivity index (χ1v) is 10.7. The fourth-order valence-corrected chi connectivity index (χ4v) is 3.97. The summed E-state index contributed by atoms with van der Waals surface area (Å²) in [7, 11) is 0. The van der Waals surface area contributed by atoms with Gasteiger partial charge in [-0.3, -0.25) is 5.10 Å². The maximum absolute atomic E-state index is 12.6. The third-order valence-corrected chi connectivity index (χ3v) is 5.52. The van der Waals surface area contributed by atoms with Crippen LogP contribution in [0, 0.1) is 0 Å². The van der Waals surface area contributed by atoms with Crippen molar-refractivity contribution >= 4 is 23.7 Å². The van der Waals surface area contributed by atoms with Crippen molar-refractivity contribution in [2.24, 2.45) is 0 Å². The molecule has 0 saturated heterocycles. The second kappa shape index (κ2) is 9.93. The third kappa shape index (κ3) is 5.27. The molecule has 1 aliphatic rings. The van der Waals surface area contributed by atoms with Crippen molar-refractivity contribution in [2.75, 3.05) is 13.2 Å². The predicted molar refractivity (Wildman–Crippen MR) is 118 cm³/mol. The lowest BCUT2D eigenvalue weighted by atomic mass is 9.89. The van der Waals surface area contributed by atoms with Gasteiger partial charge < -0.3 is 19.4 Å². The zero-order valence-electron chi connectivity index (χ0n) is 17.7. The number of rotatable bonds is 7. The summed E-state index contributed by atoms with van der Waals surface area (Å²) in [6.45, 7) is 1.57. The average Bonchev–Trinajstić information content (AvgIpc) is 3.33. The van der Waals surface area contributed by atoms with Crippen LogP contribution in [0.1, 0.15) is 41.5 Å². The van der Waals surface area contributed by atoms with Crippen molar-refractivity contribution in [3.63, 3.8) is 0 Å². The molecule has 172 valence electrons. The number of hydrogen-bond acceptors (Lipinski definition) is 7. The molecule has 0 spiro atoms. The van der Waals surface area contributed by atoms with Crippen LogP contribution in [0.5, 0.6) is 5.75 Å². The van der Waals surface area contributed by atoms with Gasteiger partial charge in [-0.2, -0.15) is 5.10 Å². The molecule has 2 atom stereocenters. The molecule has 33 heavy (non-hydrogen) atoms. The van der Waals surface area contributed by atoms with Gasteiger partial charge in [-0.05, 0) is 48.7 Å². The molecule has 0 fully saturated rings. The molecule has 0 bridgehead atoms. The van der Waals surface area contributed by atoms with Crippen LogP contribution in [0.4, 0.5) is 4.79 Å². The molecule has 0 saturated carbocycles. The molecule has 2 N–H and O–H groups in total. The van der Waals surface area contributed by atoms with Crippen LogP contribution in [0.3, 0.4) is 0 Å². The van der Waals surface area contributed by atoms with Crippen molar-refractivity contribution in [1.29, 1.82) is 0 Å². The van der Waals surface area contributed by atoms with Gasteiger partial charge in [0.05, 0.1) is 11.7 Å². The van der Waals surface area contributed by atoms with Crippen molar-refractivity contribution in [3.05, 3.63) is 82.1 Å². The number of ether oxygens (including phenoxy) is 2. The standard InChI is InChI=1S/C23H22ClN3O6/c1-14(19-8-10-25-26-19)32-23(30)33-27-11-9-15-4-2-3-5-17(15)22(27)18-12-16(24)6-7-20(18)31-13-21(28)29/h2-8,10,12,14,22H,9,11,13H2,1H3,(H,25,26)(H,28,29). The van der Waals surface area contributed by atoms with Gasteiger partial charge in [0.2, 0.25) is 0 Å². The van der Waals surface area contributed by atoms with Gasteiger partial charge in [0.15, 0.2) is 6.61 Å². The zero-order valence-corrected chi connectivity index (χ0v) is 18.5. The van der Waals surface area contributed by atoms with Gasteiger partial charge in [0.25, 0.3) is 0 Å². The number of aliphatic carboxylic acids is 1. The quantitative estimate of drug-likeness (QED) is 0.490. The van der Waals surface area contributed by atoms with E-state index in [4.69, 9.17) is 31.0 Å². The molecule has 0 aliphatic carbocycles. The summed E-state index contributed by atoms with van der Waals surface area (Å²) in [6, 6.07) is 13.8. The molecule has 10 heteroatoms. The molecule has 4 rings (SSSR count). The summed E-state index contributed by atoms with van der Waals surface area (Å²) in [5.41, 5.74) is 3.17. The van der Waals surface area contributed by atoms with E-state index < -0.39 is 30.9 Å². The first-order valence-electron chi connectivity index (χ1n) is 10.3. The van der Waals surface area contributed by atoms with E-state index in [1.165, 1.54) is 5.06 Å². The van der Waals surface area contributed by atoms with E-state index in [2.05, 4.69) is 10.2 Å². The number of carbonyl (C=O) groups is 2. The fourth-order valence-electron chi connectivity index (χ4n) is 3.79. The second-order valence-corrected chi connectivity index (χ2v) is 7.91. The largest absolute Gasteiger partial charge is 0.528 e. The number of halogens is 1. The molecule has 0 amide bonds. The Bertz CT molecular complexity index is 1140. The Morgan fingerprint density at radius 1 is 1.24 bits per heavy atom. The van der Waals surface area contributed by atoms with Crippen LogP contribution in [-0.2, 0) is 20.8 Å². The van der Waals surface area contributed by atoms with Gasteiger partial charge in [0.1, 0.15) is 11.9 Å². The number of fused-ring (bicyclic) bond motifs is 1. The summed E-state index contributed by atoms with van der Waals surface area (Å²) in [5.74, 6) is -0.777. The van der Waals surface area contributed by atoms with E-state index in [1.807, 2.05) is 24.3 Å². The van der Waals surface area contributed by atoms with Gasteiger partial charge in [-0.25, -0.2) is 9.59 Å². The lowest BCUT2D eigenvalue weighted by molar-refractivity contribution is -0.156. The SMILES string of the molecule is CC(OC(=O)ON1CCc2ccccc2C1c1cc(Cl)ccc1OCC(=O)O)c1ccn[nH]1. The van der Waals surface area contributed by atoms with Crippen LogP contribution in [-0.4, -0.2) is 45.6 Å². The molecular weight excluding hydrogens is 450 g/mol. The summed E-state index contributed by atoms with van der Waals surface area (Å²) < 4.78 is 10.9. The molecular formula is C23H22ClN3O6. The van der Waals surface area contributed by atoms with Crippen molar-refractivity contribution < 1.29 is 29.0 Å². The van der Waals surface area contributed by atoms with Crippen molar-refractivity contribution in [1.82, 2.24) is 15.3 Å². The molecule has 1 aromatic heterocycles. The van der Waals surface area contributed by atoms with Crippen LogP contribution in [0.2, 0.25) is 5.02 Å². The molecule has 2 aromatic carbocycles. The number of nitrogens with one attached hydrogen (secondary N) is 1. The number of hydrogen-bond donors (Lipinski definition) is 2. The molecule has 0 radical (unpaired) electrons. The molecule has 9 nitrogen and oxygen atoms in total. The van der Waals surface area contributed by atoms with Gasteiger partial charge in [0, 0.05) is 23.3 Å². The number of carbonyl (C=O) groups excluding carboxylic acids is 1. The number of carboxylic acids is 1. The molecule has 1 aliphatic heterocycles. The first kappa shape index (κ1) is 22.6. The third-order valence-electron chi connectivity index (χ3n) is 5.28. The lowest BCUT2D eigenvalue weighted by Gasteiger charge is -2.36. The van der Waals surface area contributed by atoms with E-state index in [1.54, 1.807) is 37.4 Å². The molecule has 3 aromatic rings. The van der Waals surface area contributed by atoms with E-state index in [-0.39, 0.29) is 0 Å². The Hall–Kier alpha value is -3.56. The number of nitrogens with zero attached hydrogens (tertiary/aromatic N) is 2. The van der Waals surface area contributed by atoms with E-state index in [0.29, 0.717) is 35.0 Å². The van der Waals surface area contributed by atoms with Gasteiger partial charge >= 0.3 is 12.1 Å². The minimum absolute atomic E-state index is 0.330. The maximum Gasteiger partial charge on any atom is 0.528 e. The normalized spacial score (nSPS) is 16.5. The highest BCUT2D eigenvalue weighted by Crippen LogP contribution is 2.40. The van der Waals surface area contributed by atoms with E-state index in [0.717, 1.165) is 11.1 Å². The highest BCUT2D eigenvalue weighted by molar-refractivity contribution is 6.30. The van der Waals surface area contributed by atoms with Gasteiger partial charge in [-0.1, -0.05) is 35.9 Å². The topological polar surface area (TPSA) is 114 Å². The second-order valence-electron chi connectivity index (χ2n) is 7.47. The predicted octanol–water partition coefficient (Wildman–Crippen LogP) is 4.30. The smallest absolute Gasteiger partial charge is 0.482 e.